The number of hydrogen-bond acceptors (Lipinski definition) is 4. The molecule has 0 spiro atoms. The fourth-order valence-electron chi connectivity index (χ4n) is 1.92. The maximum atomic E-state index is 5.96. The third-order valence-electron chi connectivity index (χ3n) is 2.72. The second-order valence-electron chi connectivity index (χ2n) is 3.80. The molecule has 0 bridgehead atoms. The van der Waals surface area contributed by atoms with E-state index >= 15 is 0 Å². The largest absolute Gasteiger partial charge is 0.383 e. The van der Waals surface area contributed by atoms with Gasteiger partial charge in [-0.25, -0.2) is 4.98 Å². The molecule has 1 heterocycles. The van der Waals surface area contributed by atoms with Gasteiger partial charge in [-0.3, -0.25) is 0 Å². The first kappa shape index (κ1) is 14.2. The van der Waals surface area contributed by atoms with E-state index in [1.807, 2.05) is 20.0 Å². The zero-order valence-corrected chi connectivity index (χ0v) is 11.3. The molecule has 1 aromatic rings. The Bertz CT molecular complexity index is 360. The molecule has 0 aromatic carbocycles. The van der Waals surface area contributed by atoms with Crippen LogP contribution in [0.3, 0.4) is 0 Å². The van der Waals surface area contributed by atoms with E-state index in [2.05, 4.69) is 17.2 Å². The lowest BCUT2D eigenvalue weighted by molar-refractivity contribution is 0.0335. The average Bonchev–Trinajstić information content (AvgIpc) is 2.33. The number of rotatable bonds is 6. The van der Waals surface area contributed by atoms with Crippen LogP contribution in [0.25, 0.3) is 0 Å². The van der Waals surface area contributed by atoms with Crippen molar-refractivity contribution in [3.8, 4) is 0 Å². The molecule has 0 amide bonds. The van der Waals surface area contributed by atoms with E-state index in [4.69, 9.17) is 22.1 Å². The molecule has 2 atom stereocenters. The van der Waals surface area contributed by atoms with Gasteiger partial charge in [0, 0.05) is 18.4 Å². The number of hydrogen-bond donors (Lipinski definition) is 2. The summed E-state index contributed by atoms with van der Waals surface area (Å²) < 4.78 is 5.70. The molecule has 0 aliphatic carbocycles. The SMILES string of the molecule is CCOC(CC)C(NC)c1cc(Cl)cnc1N. The monoisotopic (exact) mass is 257 g/mol. The second kappa shape index (κ2) is 6.79. The molecule has 0 aliphatic rings. The van der Waals surface area contributed by atoms with E-state index < -0.39 is 0 Å². The molecule has 1 rings (SSSR count). The lowest BCUT2D eigenvalue weighted by atomic mass is 10.0. The number of likely N-dealkylation sites (N-methyl/N-ethyl adjacent to an activating group) is 1. The van der Waals surface area contributed by atoms with Crippen molar-refractivity contribution in [3.05, 3.63) is 22.8 Å². The van der Waals surface area contributed by atoms with Crippen molar-refractivity contribution in [1.82, 2.24) is 10.3 Å². The zero-order valence-electron chi connectivity index (χ0n) is 10.5. The maximum Gasteiger partial charge on any atom is 0.128 e. The zero-order chi connectivity index (χ0) is 12.8. The van der Waals surface area contributed by atoms with Gasteiger partial charge in [-0.1, -0.05) is 18.5 Å². The molecule has 0 saturated heterocycles. The fourth-order valence-corrected chi connectivity index (χ4v) is 2.09. The molecule has 0 saturated carbocycles. The minimum absolute atomic E-state index is 0.00569. The van der Waals surface area contributed by atoms with Crippen LogP contribution in [-0.4, -0.2) is 24.7 Å². The predicted molar refractivity (Wildman–Crippen MR) is 71.2 cm³/mol. The number of nitrogen functional groups attached to an aromatic ring is 1. The van der Waals surface area contributed by atoms with Gasteiger partial charge in [0.25, 0.3) is 0 Å². The van der Waals surface area contributed by atoms with Crippen LogP contribution in [0, 0.1) is 0 Å². The first-order valence-corrected chi connectivity index (χ1v) is 6.21. The van der Waals surface area contributed by atoms with E-state index in [1.165, 1.54) is 0 Å². The number of ether oxygens (including phenoxy) is 1. The number of anilines is 1. The highest BCUT2D eigenvalue weighted by Gasteiger charge is 2.23. The Morgan fingerprint density at radius 1 is 1.53 bits per heavy atom. The minimum Gasteiger partial charge on any atom is -0.383 e. The molecule has 0 radical (unpaired) electrons. The summed E-state index contributed by atoms with van der Waals surface area (Å²) in [6, 6.07) is 1.85. The molecule has 0 aliphatic heterocycles. The molecule has 96 valence electrons. The molecular weight excluding hydrogens is 238 g/mol. The Labute approximate surface area is 108 Å². The number of pyridine rings is 1. The summed E-state index contributed by atoms with van der Waals surface area (Å²) in [5.74, 6) is 0.493. The van der Waals surface area contributed by atoms with Crippen LogP contribution < -0.4 is 11.1 Å². The van der Waals surface area contributed by atoms with Crippen molar-refractivity contribution >= 4 is 17.4 Å². The first-order chi connectivity index (χ1) is 8.13. The van der Waals surface area contributed by atoms with Crippen LogP contribution in [-0.2, 0) is 4.74 Å². The molecule has 5 heteroatoms. The molecule has 17 heavy (non-hydrogen) atoms. The van der Waals surface area contributed by atoms with Crippen molar-refractivity contribution in [2.45, 2.75) is 32.4 Å². The summed E-state index contributed by atoms with van der Waals surface area (Å²) in [5.41, 5.74) is 6.78. The van der Waals surface area contributed by atoms with E-state index in [0.717, 1.165) is 12.0 Å². The summed E-state index contributed by atoms with van der Waals surface area (Å²) in [7, 11) is 1.88. The Kier molecular flexibility index (Phi) is 5.68. The van der Waals surface area contributed by atoms with Gasteiger partial charge in [0.15, 0.2) is 0 Å². The van der Waals surface area contributed by atoms with Crippen LogP contribution >= 0.6 is 11.6 Å². The van der Waals surface area contributed by atoms with Crippen LogP contribution in [0.15, 0.2) is 12.3 Å². The van der Waals surface area contributed by atoms with E-state index in [-0.39, 0.29) is 12.1 Å². The molecule has 4 nitrogen and oxygen atoms in total. The van der Waals surface area contributed by atoms with Crippen LogP contribution in [0.1, 0.15) is 31.9 Å². The smallest absolute Gasteiger partial charge is 0.128 e. The molecule has 0 fully saturated rings. The number of nitrogens with one attached hydrogen (secondary N) is 1. The van der Waals surface area contributed by atoms with E-state index in [1.54, 1.807) is 6.20 Å². The second-order valence-corrected chi connectivity index (χ2v) is 4.23. The van der Waals surface area contributed by atoms with Crippen LogP contribution in [0.2, 0.25) is 5.02 Å². The van der Waals surface area contributed by atoms with Crippen molar-refractivity contribution in [2.24, 2.45) is 0 Å². The van der Waals surface area contributed by atoms with Gasteiger partial charge in [-0.2, -0.15) is 0 Å². The highest BCUT2D eigenvalue weighted by Crippen LogP contribution is 2.27. The lowest BCUT2D eigenvalue weighted by Crippen LogP contribution is -2.32. The van der Waals surface area contributed by atoms with Gasteiger partial charge in [-0.05, 0) is 26.5 Å². The minimum atomic E-state index is 0.00569. The number of halogens is 1. The molecule has 3 N–H and O–H groups in total. The van der Waals surface area contributed by atoms with Crippen molar-refractivity contribution in [3.63, 3.8) is 0 Å². The van der Waals surface area contributed by atoms with Gasteiger partial charge >= 0.3 is 0 Å². The standard InChI is InChI=1S/C12H20ClN3O/c1-4-10(17-5-2)11(15-3)9-6-8(13)7-16-12(9)14/h6-7,10-11,15H,4-5H2,1-3H3,(H2,14,16). The number of nitrogens with two attached hydrogens (primary N) is 1. The fraction of sp³-hybridized carbons (Fsp3) is 0.583. The van der Waals surface area contributed by atoms with Crippen LogP contribution in [0.5, 0.6) is 0 Å². The average molecular weight is 258 g/mol. The summed E-state index contributed by atoms with van der Waals surface area (Å²) in [6.07, 6.45) is 2.51. The highest BCUT2D eigenvalue weighted by atomic mass is 35.5. The third kappa shape index (κ3) is 3.56. The summed E-state index contributed by atoms with van der Waals surface area (Å²) in [5, 5.41) is 3.80. The highest BCUT2D eigenvalue weighted by molar-refractivity contribution is 6.30. The molecular formula is C12H20ClN3O. The van der Waals surface area contributed by atoms with Gasteiger partial charge in [0.1, 0.15) is 5.82 Å². The van der Waals surface area contributed by atoms with E-state index in [0.29, 0.717) is 17.4 Å². The topological polar surface area (TPSA) is 60.2 Å². The lowest BCUT2D eigenvalue weighted by Gasteiger charge is -2.26. The number of nitrogens with zero attached hydrogens (tertiary/aromatic N) is 1. The van der Waals surface area contributed by atoms with Gasteiger partial charge in [-0.15, -0.1) is 0 Å². The van der Waals surface area contributed by atoms with Crippen LogP contribution in [0.4, 0.5) is 5.82 Å². The number of aromatic nitrogens is 1. The van der Waals surface area contributed by atoms with Gasteiger partial charge in [0.05, 0.1) is 17.2 Å². The summed E-state index contributed by atoms with van der Waals surface area (Å²) in [4.78, 5) is 4.07. The molecule has 1 aromatic heterocycles. The Balaban J connectivity index is 3.02. The maximum absolute atomic E-state index is 5.96. The Hall–Kier alpha value is -0.840. The van der Waals surface area contributed by atoms with E-state index in [9.17, 15) is 0 Å². The van der Waals surface area contributed by atoms with Gasteiger partial charge < -0.3 is 15.8 Å². The Morgan fingerprint density at radius 2 is 2.24 bits per heavy atom. The predicted octanol–water partition coefficient (Wildman–Crippen LogP) is 2.39. The Morgan fingerprint density at radius 3 is 2.76 bits per heavy atom. The molecule has 2 unspecified atom stereocenters. The van der Waals surface area contributed by atoms with Crippen molar-refractivity contribution < 1.29 is 4.74 Å². The third-order valence-corrected chi connectivity index (χ3v) is 2.92. The van der Waals surface area contributed by atoms with Crippen molar-refractivity contribution in [2.75, 3.05) is 19.4 Å². The summed E-state index contributed by atoms with van der Waals surface area (Å²) in [6.45, 7) is 4.73. The normalized spacial score (nSPS) is 14.6. The summed E-state index contributed by atoms with van der Waals surface area (Å²) >= 11 is 5.96. The van der Waals surface area contributed by atoms with Crippen molar-refractivity contribution in [1.29, 1.82) is 0 Å². The first-order valence-electron chi connectivity index (χ1n) is 5.83. The van der Waals surface area contributed by atoms with Gasteiger partial charge in [0.2, 0.25) is 0 Å². The quantitative estimate of drug-likeness (QED) is 0.822.